The normalized spacial score (nSPS) is 14.5. The van der Waals surface area contributed by atoms with E-state index >= 15 is 0 Å². The lowest BCUT2D eigenvalue weighted by Gasteiger charge is -2.41. The van der Waals surface area contributed by atoms with Crippen molar-refractivity contribution in [1.82, 2.24) is 10.6 Å². The first kappa shape index (κ1) is 26.3. The minimum absolute atomic E-state index is 0.0923. The lowest BCUT2D eigenvalue weighted by molar-refractivity contribution is -0.152. The highest BCUT2D eigenvalue weighted by Crippen LogP contribution is 2.44. The number of hydrogen-bond acceptors (Lipinski definition) is 4. The van der Waals surface area contributed by atoms with E-state index in [1.807, 2.05) is 57.2 Å². The molecule has 188 valence electrons. The number of alkyl carbamates (subject to hydrolysis) is 1. The lowest BCUT2D eigenvalue weighted by Crippen LogP contribution is -2.63. The van der Waals surface area contributed by atoms with Crippen LogP contribution in [0.2, 0.25) is 0 Å². The first-order valence-corrected chi connectivity index (χ1v) is 11.8. The first-order valence-electron chi connectivity index (χ1n) is 11.8. The SMILES string of the molecule is CC(C)(C)[C@@H](NC(=O)OCC1c2ccccc2-c2ccccc21)C(=O)NC(C)(C)C(C)(C)C(=O)O. The van der Waals surface area contributed by atoms with Crippen molar-refractivity contribution in [2.24, 2.45) is 10.8 Å². The quantitative estimate of drug-likeness (QED) is 0.520. The van der Waals surface area contributed by atoms with Crippen LogP contribution in [0.25, 0.3) is 11.1 Å². The number of nitrogens with one attached hydrogen (secondary N) is 2. The molecule has 0 saturated carbocycles. The number of rotatable bonds is 7. The summed E-state index contributed by atoms with van der Waals surface area (Å²) in [6, 6.07) is 15.2. The zero-order valence-electron chi connectivity index (χ0n) is 21.6. The largest absolute Gasteiger partial charge is 0.481 e. The monoisotopic (exact) mass is 480 g/mol. The molecule has 2 aromatic carbocycles. The van der Waals surface area contributed by atoms with E-state index in [1.54, 1.807) is 27.7 Å². The molecule has 2 amide bonds. The van der Waals surface area contributed by atoms with E-state index in [9.17, 15) is 19.5 Å². The molecule has 0 aliphatic heterocycles. The molecule has 35 heavy (non-hydrogen) atoms. The summed E-state index contributed by atoms with van der Waals surface area (Å²) in [5.41, 5.74) is 1.53. The molecule has 0 heterocycles. The molecule has 0 saturated heterocycles. The van der Waals surface area contributed by atoms with Crippen LogP contribution in [0.4, 0.5) is 4.79 Å². The number of carbonyl (C=O) groups excluding carboxylic acids is 2. The molecule has 0 bridgehead atoms. The maximum Gasteiger partial charge on any atom is 0.407 e. The number of fused-ring (bicyclic) bond motifs is 3. The van der Waals surface area contributed by atoms with Gasteiger partial charge in [0, 0.05) is 5.92 Å². The lowest BCUT2D eigenvalue weighted by atomic mass is 9.74. The van der Waals surface area contributed by atoms with Crippen molar-refractivity contribution in [2.75, 3.05) is 6.61 Å². The fraction of sp³-hybridized carbons (Fsp3) is 0.464. The molecule has 1 aliphatic carbocycles. The Morgan fingerprint density at radius 1 is 0.886 bits per heavy atom. The van der Waals surface area contributed by atoms with Gasteiger partial charge in [-0.2, -0.15) is 0 Å². The van der Waals surface area contributed by atoms with E-state index in [0.717, 1.165) is 22.3 Å². The molecule has 7 nitrogen and oxygen atoms in total. The minimum Gasteiger partial charge on any atom is -0.481 e. The molecule has 3 rings (SSSR count). The van der Waals surface area contributed by atoms with Crippen LogP contribution in [0.5, 0.6) is 0 Å². The third kappa shape index (κ3) is 5.19. The standard InChI is InChI=1S/C28H36N2O5/c1-26(2,3)22(23(31)30-28(6,7)27(4,5)24(32)33)29-25(34)35-16-21-19-14-10-8-12-17(19)18-13-9-11-15-20(18)21/h8-15,21-22H,16H2,1-7H3,(H,29,34)(H,30,31)(H,32,33)/t22-/m0/s1. The van der Waals surface area contributed by atoms with Crippen LogP contribution in [0, 0.1) is 10.8 Å². The van der Waals surface area contributed by atoms with Crippen LogP contribution < -0.4 is 10.6 Å². The second kappa shape index (κ2) is 9.36. The van der Waals surface area contributed by atoms with Crippen molar-refractivity contribution in [3.63, 3.8) is 0 Å². The topological polar surface area (TPSA) is 105 Å². The van der Waals surface area contributed by atoms with Gasteiger partial charge in [-0.05, 0) is 55.4 Å². The van der Waals surface area contributed by atoms with Crippen LogP contribution in [-0.2, 0) is 14.3 Å². The van der Waals surface area contributed by atoms with Crippen LogP contribution >= 0.6 is 0 Å². The Bertz CT molecular complexity index is 1080. The summed E-state index contributed by atoms with van der Waals surface area (Å²) in [6.45, 7) is 12.1. The van der Waals surface area contributed by atoms with Crippen molar-refractivity contribution in [2.45, 2.75) is 66.0 Å². The van der Waals surface area contributed by atoms with Gasteiger partial charge in [-0.15, -0.1) is 0 Å². The Labute approximate surface area is 207 Å². The summed E-state index contributed by atoms with van der Waals surface area (Å²) in [5, 5.41) is 15.1. The average Bonchev–Trinajstić information content (AvgIpc) is 3.08. The van der Waals surface area contributed by atoms with Gasteiger partial charge >= 0.3 is 12.1 Å². The van der Waals surface area contributed by atoms with Crippen molar-refractivity contribution >= 4 is 18.0 Å². The van der Waals surface area contributed by atoms with Gasteiger partial charge in [0.1, 0.15) is 12.6 Å². The molecule has 0 unspecified atom stereocenters. The summed E-state index contributed by atoms with van der Waals surface area (Å²) < 4.78 is 5.63. The van der Waals surface area contributed by atoms with E-state index in [2.05, 4.69) is 22.8 Å². The van der Waals surface area contributed by atoms with Gasteiger partial charge < -0.3 is 20.5 Å². The Hall–Kier alpha value is -3.35. The highest BCUT2D eigenvalue weighted by molar-refractivity contribution is 5.88. The summed E-state index contributed by atoms with van der Waals surface area (Å²) >= 11 is 0. The number of benzene rings is 2. The zero-order valence-corrected chi connectivity index (χ0v) is 21.6. The number of hydrogen-bond donors (Lipinski definition) is 3. The third-order valence-electron chi connectivity index (χ3n) is 7.27. The van der Waals surface area contributed by atoms with E-state index < -0.39 is 40.4 Å². The predicted octanol–water partition coefficient (Wildman–Crippen LogP) is 4.95. The molecule has 0 fully saturated rings. The van der Waals surface area contributed by atoms with E-state index in [0.29, 0.717) is 0 Å². The molecule has 3 N–H and O–H groups in total. The van der Waals surface area contributed by atoms with Crippen LogP contribution in [-0.4, -0.2) is 41.3 Å². The Morgan fingerprint density at radius 2 is 1.37 bits per heavy atom. The zero-order chi connectivity index (χ0) is 26.2. The highest BCUT2D eigenvalue weighted by atomic mass is 16.5. The van der Waals surface area contributed by atoms with Gasteiger partial charge in [-0.1, -0.05) is 69.3 Å². The van der Waals surface area contributed by atoms with Gasteiger partial charge in [0.05, 0.1) is 11.0 Å². The second-order valence-corrected chi connectivity index (χ2v) is 11.3. The molecule has 0 aromatic heterocycles. The Balaban J connectivity index is 1.73. The number of amides is 2. The first-order chi connectivity index (χ1) is 16.2. The van der Waals surface area contributed by atoms with Gasteiger partial charge in [-0.3, -0.25) is 9.59 Å². The summed E-state index contributed by atoms with van der Waals surface area (Å²) in [7, 11) is 0. The molecule has 1 aliphatic rings. The van der Waals surface area contributed by atoms with Gasteiger partial charge in [0.15, 0.2) is 0 Å². The summed E-state index contributed by atoms with van der Waals surface area (Å²) in [4.78, 5) is 37.8. The second-order valence-electron chi connectivity index (χ2n) is 11.3. The van der Waals surface area contributed by atoms with Crippen molar-refractivity contribution in [3.8, 4) is 11.1 Å². The maximum atomic E-state index is 13.2. The van der Waals surface area contributed by atoms with Crippen molar-refractivity contribution in [3.05, 3.63) is 59.7 Å². The molecule has 0 radical (unpaired) electrons. The molecule has 0 spiro atoms. The molecule has 1 atom stereocenters. The van der Waals surface area contributed by atoms with Gasteiger partial charge in [-0.25, -0.2) is 4.79 Å². The molecule has 7 heteroatoms. The van der Waals surface area contributed by atoms with Crippen molar-refractivity contribution in [1.29, 1.82) is 0 Å². The minimum atomic E-state index is -1.23. The number of carboxylic acid groups (broad SMARTS) is 1. The average molecular weight is 481 g/mol. The van der Waals surface area contributed by atoms with Crippen LogP contribution in [0.3, 0.4) is 0 Å². The number of carboxylic acids is 1. The highest BCUT2D eigenvalue weighted by Gasteiger charge is 2.46. The Morgan fingerprint density at radius 3 is 1.83 bits per heavy atom. The van der Waals surface area contributed by atoms with E-state index in [1.165, 1.54) is 0 Å². The fourth-order valence-electron chi connectivity index (χ4n) is 4.24. The van der Waals surface area contributed by atoms with Gasteiger partial charge in [0.25, 0.3) is 0 Å². The fourth-order valence-corrected chi connectivity index (χ4v) is 4.24. The molecular weight excluding hydrogens is 444 g/mol. The van der Waals surface area contributed by atoms with Crippen LogP contribution in [0.15, 0.2) is 48.5 Å². The summed E-state index contributed by atoms with van der Waals surface area (Å²) in [5.74, 6) is -1.59. The summed E-state index contributed by atoms with van der Waals surface area (Å²) in [6.07, 6.45) is -0.697. The maximum absolute atomic E-state index is 13.2. The molecular formula is C28H36N2O5. The Kier molecular flexibility index (Phi) is 7.02. The number of ether oxygens (including phenoxy) is 1. The van der Waals surface area contributed by atoms with Crippen molar-refractivity contribution < 1.29 is 24.2 Å². The number of aliphatic carboxylic acids is 1. The predicted molar refractivity (Wildman–Crippen MR) is 135 cm³/mol. The smallest absolute Gasteiger partial charge is 0.407 e. The number of carbonyl (C=O) groups is 3. The molecule has 2 aromatic rings. The van der Waals surface area contributed by atoms with E-state index in [4.69, 9.17) is 4.74 Å². The van der Waals surface area contributed by atoms with Gasteiger partial charge in [0.2, 0.25) is 5.91 Å². The van der Waals surface area contributed by atoms with Crippen LogP contribution in [0.1, 0.15) is 65.5 Å². The third-order valence-corrected chi connectivity index (χ3v) is 7.27. The van der Waals surface area contributed by atoms with E-state index in [-0.39, 0.29) is 12.5 Å².